The monoisotopic (exact) mass is 480 g/mol. The van der Waals surface area contributed by atoms with Crippen molar-refractivity contribution in [3.05, 3.63) is 39.9 Å². The molecule has 2 N–H and O–H groups in total. The Morgan fingerprint density at radius 2 is 2.22 bits per heavy atom. The lowest BCUT2D eigenvalue weighted by molar-refractivity contribution is -0.121. The third kappa shape index (κ3) is 7.16. The van der Waals surface area contributed by atoms with Crippen LogP contribution in [0.2, 0.25) is 5.02 Å². The second-order valence-corrected chi connectivity index (χ2v) is 8.89. The molecule has 8 nitrogen and oxygen atoms in total. The Hall–Kier alpha value is -2.20. The highest BCUT2D eigenvalue weighted by molar-refractivity contribution is 7.14. The van der Waals surface area contributed by atoms with Gasteiger partial charge in [-0.05, 0) is 37.5 Å². The summed E-state index contributed by atoms with van der Waals surface area (Å²) in [5, 5.41) is 9.03. The van der Waals surface area contributed by atoms with E-state index in [-0.39, 0.29) is 30.9 Å². The largest absolute Gasteiger partial charge is 0.383 e. The molecule has 0 spiro atoms. The molecule has 0 aliphatic carbocycles. The first-order chi connectivity index (χ1) is 15.5. The second-order valence-electron chi connectivity index (χ2n) is 7.60. The average molecular weight is 481 g/mol. The van der Waals surface area contributed by atoms with Crippen molar-refractivity contribution in [2.45, 2.75) is 32.3 Å². The molecule has 1 aliphatic rings. The Labute approximate surface area is 197 Å². The van der Waals surface area contributed by atoms with Gasteiger partial charge in [0.05, 0.1) is 12.7 Å². The molecular formula is C22H29ClN4O4S. The molecule has 1 aliphatic heterocycles. The molecule has 0 saturated carbocycles. The summed E-state index contributed by atoms with van der Waals surface area (Å²) >= 11 is 7.42. The van der Waals surface area contributed by atoms with E-state index in [9.17, 15) is 9.59 Å². The molecule has 0 radical (unpaired) electrons. The van der Waals surface area contributed by atoms with Crippen LogP contribution in [-0.4, -0.2) is 67.8 Å². The molecule has 1 aromatic carbocycles. The number of methoxy groups -OCH3 is 1. The summed E-state index contributed by atoms with van der Waals surface area (Å²) in [5.74, 6) is -0.339. The first-order valence-electron chi connectivity index (χ1n) is 10.6. The van der Waals surface area contributed by atoms with Gasteiger partial charge in [0.2, 0.25) is 5.91 Å². The van der Waals surface area contributed by atoms with E-state index >= 15 is 0 Å². The van der Waals surface area contributed by atoms with Crippen molar-refractivity contribution in [3.63, 3.8) is 0 Å². The van der Waals surface area contributed by atoms with Crippen LogP contribution < -0.4 is 10.6 Å². The lowest BCUT2D eigenvalue weighted by Crippen LogP contribution is -2.38. The normalized spacial score (nSPS) is 15.5. The molecule has 1 aromatic heterocycles. The number of amides is 2. The van der Waals surface area contributed by atoms with Gasteiger partial charge in [0, 0.05) is 55.9 Å². The highest BCUT2D eigenvalue weighted by Crippen LogP contribution is 2.26. The Kier molecular flexibility index (Phi) is 9.28. The van der Waals surface area contributed by atoms with Crippen LogP contribution in [0.25, 0.3) is 0 Å². The van der Waals surface area contributed by atoms with Crippen LogP contribution in [0, 0.1) is 6.92 Å². The highest BCUT2D eigenvalue weighted by atomic mass is 35.5. The fraction of sp³-hybridized carbons (Fsp3) is 0.500. The van der Waals surface area contributed by atoms with Crippen molar-refractivity contribution >= 4 is 45.6 Å². The first kappa shape index (κ1) is 24.4. The molecule has 174 valence electrons. The number of nitrogens with one attached hydrogen (secondary N) is 2. The third-order valence-electron chi connectivity index (χ3n) is 5.18. The number of anilines is 2. The molecule has 10 heteroatoms. The molecule has 2 aromatic rings. The number of aromatic nitrogens is 1. The fourth-order valence-electron chi connectivity index (χ4n) is 3.31. The number of nitrogens with zero attached hydrogens (tertiary/aromatic N) is 2. The van der Waals surface area contributed by atoms with E-state index in [4.69, 9.17) is 21.1 Å². The Bertz CT molecular complexity index is 917. The zero-order valence-corrected chi connectivity index (χ0v) is 19.9. The van der Waals surface area contributed by atoms with Gasteiger partial charge < -0.3 is 25.0 Å². The minimum Gasteiger partial charge on any atom is -0.383 e. The minimum atomic E-state index is -0.235. The van der Waals surface area contributed by atoms with Gasteiger partial charge >= 0.3 is 0 Å². The molecule has 3 rings (SSSR count). The van der Waals surface area contributed by atoms with Crippen LogP contribution in [0.15, 0.2) is 23.6 Å². The lowest BCUT2D eigenvalue weighted by atomic mass is 10.2. The molecule has 0 unspecified atom stereocenters. The molecule has 32 heavy (non-hydrogen) atoms. The lowest BCUT2D eigenvalue weighted by Gasteiger charge is -2.21. The van der Waals surface area contributed by atoms with Crippen LogP contribution >= 0.6 is 22.9 Å². The Balaban J connectivity index is 1.57. The van der Waals surface area contributed by atoms with E-state index in [2.05, 4.69) is 15.6 Å². The summed E-state index contributed by atoms with van der Waals surface area (Å²) in [5.41, 5.74) is 2.19. The number of carbonyl (C=O) groups is 2. The number of aryl methyl sites for hydroxylation is 1. The smallest absolute Gasteiger partial charge is 0.273 e. The number of ether oxygens (including phenoxy) is 2. The number of carbonyl (C=O) groups excluding carboxylic acids is 2. The van der Waals surface area contributed by atoms with Crippen LogP contribution in [-0.2, 0) is 14.3 Å². The summed E-state index contributed by atoms with van der Waals surface area (Å²) < 4.78 is 10.7. The molecular weight excluding hydrogens is 452 g/mol. The zero-order chi connectivity index (χ0) is 22.9. The van der Waals surface area contributed by atoms with Crippen molar-refractivity contribution in [2.75, 3.05) is 45.3 Å². The summed E-state index contributed by atoms with van der Waals surface area (Å²) in [6, 6.07) is 5.56. The average Bonchev–Trinajstić information content (AvgIpc) is 3.47. The number of thiazole rings is 1. The van der Waals surface area contributed by atoms with Gasteiger partial charge in [0.25, 0.3) is 5.91 Å². The number of halogens is 1. The van der Waals surface area contributed by atoms with Gasteiger partial charge in [-0.3, -0.25) is 9.59 Å². The van der Waals surface area contributed by atoms with Crippen molar-refractivity contribution < 1.29 is 19.1 Å². The van der Waals surface area contributed by atoms with Crippen molar-refractivity contribution in [1.82, 2.24) is 15.2 Å². The number of hydrogen-bond donors (Lipinski definition) is 2. The quantitative estimate of drug-likeness (QED) is 0.510. The van der Waals surface area contributed by atoms with Crippen LogP contribution in [0.5, 0.6) is 0 Å². The van der Waals surface area contributed by atoms with Crippen molar-refractivity contribution in [1.29, 1.82) is 0 Å². The standard InChI is InChI=1S/C22H29ClN4O4S/c1-15-5-6-16(23)12-18(15)25-22-26-19(14-32-22)21(29)27(9-11-30-2)8-7-20(28)24-13-17-4-3-10-31-17/h5-6,12,14,17H,3-4,7-11,13H2,1-2H3,(H,24,28)(H,25,26)/t17-/m1/s1. The SMILES string of the molecule is COCCN(CCC(=O)NC[C@H]1CCCO1)C(=O)c1csc(Nc2cc(Cl)ccc2C)n1. The van der Waals surface area contributed by atoms with Gasteiger partial charge in [-0.1, -0.05) is 17.7 Å². The molecule has 0 bridgehead atoms. The summed E-state index contributed by atoms with van der Waals surface area (Å²) in [7, 11) is 1.58. The first-order valence-corrected chi connectivity index (χ1v) is 11.9. The highest BCUT2D eigenvalue weighted by Gasteiger charge is 2.21. The van der Waals surface area contributed by atoms with Crippen molar-refractivity contribution in [2.24, 2.45) is 0 Å². The number of hydrogen-bond acceptors (Lipinski definition) is 7. The van der Waals surface area contributed by atoms with Gasteiger partial charge in [-0.25, -0.2) is 4.98 Å². The minimum absolute atomic E-state index is 0.0919. The maximum Gasteiger partial charge on any atom is 0.273 e. The predicted molar refractivity (Wildman–Crippen MR) is 126 cm³/mol. The van der Waals surface area contributed by atoms with Gasteiger partial charge in [0.1, 0.15) is 5.69 Å². The van der Waals surface area contributed by atoms with E-state index in [1.54, 1.807) is 17.4 Å². The predicted octanol–water partition coefficient (Wildman–Crippen LogP) is 3.62. The van der Waals surface area contributed by atoms with E-state index in [1.165, 1.54) is 11.3 Å². The Morgan fingerprint density at radius 3 is 2.97 bits per heavy atom. The number of benzene rings is 1. The zero-order valence-electron chi connectivity index (χ0n) is 18.4. The number of rotatable bonds is 11. The third-order valence-corrected chi connectivity index (χ3v) is 6.17. The van der Waals surface area contributed by atoms with E-state index in [1.807, 2.05) is 25.1 Å². The maximum absolute atomic E-state index is 13.0. The Morgan fingerprint density at radius 1 is 1.38 bits per heavy atom. The molecule has 1 saturated heterocycles. The van der Waals surface area contributed by atoms with E-state index in [0.717, 1.165) is 30.7 Å². The van der Waals surface area contributed by atoms with Crippen LogP contribution in [0.3, 0.4) is 0 Å². The van der Waals surface area contributed by atoms with Gasteiger partial charge in [-0.2, -0.15) is 0 Å². The maximum atomic E-state index is 13.0. The second kappa shape index (κ2) is 12.2. The topological polar surface area (TPSA) is 92.8 Å². The van der Waals surface area contributed by atoms with Gasteiger partial charge in [-0.15, -0.1) is 11.3 Å². The summed E-state index contributed by atoms with van der Waals surface area (Å²) in [6.07, 6.45) is 2.29. The molecule has 1 atom stereocenters. The van der Waals surface area contributed by atoms with E-state index < -0.39 is 0 Å². The summed E-state index contributed by atoms with van der Waals surface area (Å²) in [6.45, 7) is 4.26. The van der Waals surface area contributed by atoms with Crippen molar-refractivity contribution in [3.8, 4) is 0 Å². The molecule has 2 amide bonds. The fourth-order valence-corrected chi connectivity index (χ4v) is 4.18. The van der Waals surface area contributed by atoms with Crippen LogP contribution in [0.1, 0.15) is 35.3 Å². The molecule has 2 heterocycles. The molecule has 1 fully saturated rings. The van der Waals surface area contributed by atoms with Crippen LogP contribution in [0.4, 0.5) is 10.8 Å². The summed E-state index contributed by atoms with van der Waals surface area (Å²) in [4.78, 5) is 31.3. The van der Waals surface area contributed by atoms with Gasteiger partial charge in [0.15, 0.2) is 5.13 Å². The van der Waals surface area contributed by atoms with E-state index in [0.29, 0.717) is 35.5 Å².